The molecule has 0 saturated carbocycles. The minimum atomic E-state index is -5.19. The predicted molar refractivity (Wildman–Crippen MR) is 35.0 cm³/mol. The lowest BCUT2D eigenvalue weighted by molar-refractivity contribution is -0.595. The molecule has 7 heteroatoms. The molecular weight excluding hydrogens is 189 g/mol. The van der Waals surface area contributed by atoms with Crippen molar-refractivity contribution in [1.82, 2.24) is 5.32 Å². The van der Waals surface area contributed by atoms with Crippen LogP contribution in [0, 0.1) is 0 Å². The lowest BCUT2D eigenvalue weighted by atomic mass is 10.5. The summed E-state index contributed by atoms with van der Waals surface area (Å²) in [6, 6.07) is 0. The molecule has 3 N–H and O–H groups in total. The van der Waals surface area contributed by atoms with E-state index in [0.29, 0.717) is 0 Å². The van der Waals surface area contributed by atoms with Crippen molar-refractivity contribution in [2.24, 2.45) is 0 Å². The summed E-state index contributed by atoms with van der Waals surface area (Å²) in [6.07, 6.45) is -1.01. The summed E-state index contributed by atoms with van der Waals surface area (Å²) in [5.41, 5.74) is 0. The van der Waals surface area contributed by atoms with Gasteiger partial charge in [0.05, 0.1) is 6.20 Å². The van der Waals surface area contributed by atoms with Crippen LogP contribution in [-0.4, -0.2) is 25.4 Å². The summed E-state index contributed by atoms with van der Waals surface area (Å²) in [6.45, 7) is 2.08. The molecule has 0 aromatic heterocycles. The van der Waals surface area contributed by atoms with Gasteiger partial charge in [0.2, 0.25) is 0 Å². The molecule has 0 bridgehead atoms. The van der Waals surface area contributed by atoms with E-state index in [2.05, 4.69) is 22.9 Å². The Morgan fingerprint density at radius 3 is 2.15 bits per heavy atom. The lowest BCUT2D eigenvalue weighted by Crippen LogP contribution is -2.82. The van der Waals surface area contributed by atoms with Crippen LogP contribution in [0.25, 0.3) is 0 Å². The molecule has 0 aliphatic carbocycles. The number of carbonyl (C=O) groups is 1. The van der Waals surface area contributed by atoms with Gasteiger partial charge in [0.1, 0.15) is 12.6 Å². The Morgan fingerprint density at radius 2 is 2.08 bits per heavy atom. The van der Waals surface area contributed by atoms with Crippen molar-refractivity contribution in [1.29, 1.82) is 0 Å². The maximum absolute atomic E-state index is 10.5. The van der Waals surface area contributed by atoms with Gasteiger partial charge < -0.3 is 15.2 Å². The first-order valence-corrected chi connectivity index (χ1v) is 3.42. The molecule has 1 heterocycles. The standard InChI is InChI=1S/C4H8N2.C2HF3O2/c1-2-5-4-6-3-1;3-2(4,5)1(6)7/h1-2,5-6H,3-4H2;(H,6,7). The monoisotopic (exact) mass is 198 g/mol. The molecular formula is C6H9F3N2O2. The third-order valence-electron chi connectivity index (χ3n) is 1.03. The molecule has 76 valence electrons. The second-order valence-electron chi connectivity index (χ2n) is 2.11. The first kappa shape index (κ1) is 11.9. The van der Waals surface area contributed by atoms with E-state index >= 15 is 0 Å². The molecule has 0 unspecified atom stereocenters. The van der Waals surface area contributed by atoms with Crippen molar-refractivity contribution in [2.75, 3.05) is 13.2 Å². The number of carboxylic acids is 1. The van der Waals surface area contributed by atoms with Crippen LogP contribution in [0.15, 0.2) is 12.3 Å². The summed E-state index contributed by atoms with van der Waals surface area (Å²) in [5, 5.41) is 14.0. The van der Waals surface area contributed by atoms with Gasteiger partial charge in [0.25, 0.3) is 0 Å². The number of alkyl halides is 3. The van der Waals surface area contributed by atoms with Crippen molar-refractivity contribution >= 4 is 5.97 Å². The van der Waals surface area contributed by atoms with Crippen molar-refractivity contribution in [3.05, 3.63) is 12.3 Å². The molecule has 0 amide bonds. The van der Waals surface area contributed by atoms with Crippen LogP contribution < -0.4 is 15.7 Å². The molecule has 0 aromatic rings. The Hall–Kier alpha value is -1.08. The van der Waals surface area contributed by atoms with Crippen molar-refractivity contribution < 1.29 is 28.4 Å². The zero-order valence-electron chi connectivity index (χ0n) is 6.60. The van der Waals surface area contributed by atoms with Crippen LogP contribution in [0.3, 0.4) is 0 Å². The predicted octanol–water partition coefficient (Wildman–Crippen LogP) is -2.08. The number of carbonyl (C=O) groups excluding carboxylic acids is 1. The van der Waals surface area contributed by atoms with Crippen LogP contribution in [-0.2, 0) is 4.79 Å². The number of aliphatic carboxylic acids is 1. The van der Waals surface area contributed by atoms with Gasteiger partial charge in [-0.3, -0.25) is 5.32 Å². The molecule has 1 aliphatic heterocycles. The molecule has 13 heavy (non-hydrogen) atoms. The van der Waals surface area contributed by atoms with E-state index in [4.69, 9.17) is 9.90 Å². The molecule has 1 aliphatic rings. The van der Waals surface area contributed by atoms with Gasteiger partial charge in [-0.15, -0.1) is 0 Å². The number of quaternary nitrogens is 1. The van der Waals surface area contributed by atoms with E-state index in [1.165, 1.54) is 0 Å². The van der Waals surface area contributed by atoms with Gasteiger partial charge in [-0.1, -0.05) is 0 Å². The molecule has 1 rings (SSSR count). The Labute approximate surface area is 72.4 Å². The number of halogens is 3. The molecule has 0 radical (unpaired) electrons. The second-order valence-corrected chi connectivity index (χ2v) is 2.11. The fraction of sp³-hybridized carbons (Fsp3) is 0.500. The van der Waals surface area contributed by atoms with Crippen LogP contribution in [0.5, 0.6) is 0 Å². The zero-order chi connectivity index (χ0) is 10.3. The smallest absolute Gasteiger partial charge is 0.430 e. The van der Waals surface area contributed by atoms with E-state index in [1.54, 1.807) is 0 Å². The Balaban J connectivity index is 0.000000223. The van der Waals surface area contributed by atoms with Gasteiger partial charge in [-0.2, -0.15) is 13.2 Å². The summed E-state index contributed by atoms with van der Waals surface area (Å²) < 4.78 is 31.5. The average Bonchev–Trinajstić information content (AvgIpc) is 2.07. The Kier molecular flexibility index (Phi) is 5.09. The fourth-order valence-electron chi connectivity index (χ4n) is 0.482. The molecule has 0 fully saturated rings. The SMILES string of the molecule is C1=C[NH2+]CNC1.O=C([O-])C(F)(F)F. The topological polar surface area (TPSA) is 68.8 Å². The van der Waals surface area contributed by atoms with Gasteiger partial charge in [-0.05, 0) is 6.08 Å². The first-order valence-electron chi connectivity index (χ1n) is 3.42. The summed E-state index contributed by atoms with van der Waals surface area (Å²) in [4.78, 5) is 8.78. The number of nitrogens with two attached hydrogens (primary N) is 1. The van der Waals surface area contributed by atoms with Crippen LogP contribution in [0.4, 0.5) is 13.2 Å². The highest BCUT2D eigenvalue weighted by molar-refractivity contribution is 5.70. The van der Waals surface area contributed by atoms with E-state index in [-0.39, 0.29) is 0 Å². The van der Waals surface area contributed by atoms with Gasteiger partial charge >= 0.3 is 6.18 Å². The minimum absolute atomic E-state index is 1.04. The number of carboxylic acid groups (broad SMARTS) is 1. The minimum Gasteiger partial charge on any atom is -0.542 e. The number of rotatable bonds is 0. The molecule has 0 spiro atoms. The third-order valence-corrected chi connectivity index (χ3v) is 1.03. The zero-order valence-corrected chi connectivity index (χ0v) is 6.60. The fourth-order valence-corrected chi connectivity index (χ4v) is 0.482. The maximum Gasteiger partial charge on any atom is 0.430 e. The van der Waals surface area contributed by atoms with Gasteiger partial charge in [0.15, 0.2) is 0 Å². The highest BCUT2D eigenvalue weighted by atomic mass is 19.4. The van der Waals surface area contributed by atoms with Gasteiger partial charge in [0, 0.05) is 6.54 Å². The van der Waals surface area contributed by atoms with E-state index in [0.717, 1.165) is 13.2 Å². The number of hydrogen-bond acceptors (Lipinski definition) is 3. The van der Waals surface area contributed by atoms with E-state index < -0.39 is 12.1 Å². The summed E-state index contributed by atoms with van der Waals surface area (Å²) in [7, 11) is 0. The summed E-state index contributed by atoms with van der Waals surface area (Å²) in [5.74, 6) is -3.01. The van der Waals surface area contributed by atoms with Crippen LogP contribution in [0.2, 0.25) is 0 Å². The molecule has 0 atom stereocenters. The van der Waals surface area contributed by atoms with Crippen molar-refractivity contribution in [2.45, 2.75) is 6.18 Å². The number of hydrogen-bond donors (Lipinski definition) is 2. The molecule has 4 nitrogen and oxygen atoms in total. The molecule has 0 saturated heterocycles. The van der Waals surface area contributed by atoms with E-state index in [1.807, 2.05) is 0 Å². The van der Waals surface area contributed by atoms with Crippen LogP contribution >= 0.6 is 0 Å². The molecule has 0 aromatic carbocycles. The Morgan fingerprint density at radius 1 is 1.54 bits per heavy atom. The maximum atomic E-state index is 10.5. The van der Waals surface area contributed by atoms with Crippen LogP contribution in [0.1, 0.15) is 0 Å². The number of nitrogens with one attached hydrogen (secondary N) is 1. The quantitative estimate of drug-likeness (QED) is 0.469. The second kappa shape index (κ2) is 5.55. The average molecular weight is 198 g/mol. The third kappa shape index (κ3) is 7.29. The first-order chi connectivity index (χ1) is 5.94. The van der Waals surface area contributed by atoms with Crippen molar-refractivity contribution in [3.63, 3.8) is 0 Å². The highest BCUT2D eigenvalue weighted by Crippen LogP contribution is 2.11. The lowest BCUT2D eigenvalue weighted by Gasteiger charge is -2.03. The summed E-state index contributed by atoms with van der Waals surface area (Å²) >= 11 is 0. The normalized spacial score (nSPS) is 15.9. The largest absolute Gasteiger partial charge is 0.542 e. The van der Waals surface area contributed by atoms with Crippen molar-refractivity contribution in [3.8, 4) is 0 Å². The highest BCUT2D eigenvalue weighted by Gasteiger charge is 2.28. The Bertz CT molecular complexity index is 183. The van der Waals surface area contributed by atoms with Gasteiger partial charge in [-0.25, -0.2) is 0 Å². The van der Waals surface area contributed by atoms with E-state index in [9.17, 15) is 13.2 Å².